The number of nitrogen functional groups attached to an aromatic ring is 1. The van der Waals surface area contributed by atoms with Crippen molar-refractivity contribution in [1.82, 2.24) is 9.97 Å². The van der Waals surface area contributed by atoms with Gasteiger partial charge in [-0.15, -0.1) is 0 Å². The first-order valence-corrected chi connectivity index (χ1v) is 5.95. The topological polar surface area (TPSA) is 61.0 Å². The van der Waals surface area contributed by atoms with E-state index < -0.39 is 0 Å². The Hall–Kier alpha value is -1.16. The molecule has 0 spiro atoms. The van der Waals surface area contributed by atoms with Gasteiger partial charge in [0.1, 0.15) is 12.4 Å². The lowest BCUT2D eigenvalue weighted by atomic mass is 9.98. The summed E-state index contributed by atoms with van der Waals surface area (Å²) in [5, 5.41) is 0. The molecule has 2 N–H and O–H groups in total. The zero-order valence-electron chi connectivity index (χ0n) is 9.78. The highest BCUT2D eigenvalue weighted by Crippen LogP contribution is 2.21. The van der Waals surface area contributed by atoms with E-state index in [1.165, 1.54) is 32.1 Å². The molecule has 1 fully saturated rings. The second-order valence-electron chi connectivity index (χ2n) is 4.42. The first kappa shape index (κ1) is 11.3. The van der Waals surface area contributed by atoms with Crippen molar-refractivity contribution in [2.24, 2.45) is 0 Å². The van der Waals surface area contributed by atoms with Gasteiger partial charge in [0.25, 0.3) is 0 Å². The van der Waals surface area contributed by atoms with Gasteiger partial charge in [0, 0.05) is 11.8 Å². The molecule has 0 amide bonds. The van der Waals surface area contributed by atoms with Crippen LogP contribution >= 0.6 is 0 Å². The van der Waals surface area contributed by atoms with Crippen LogP contribution in [-0.4, -0.2) is 16.1 Å². The van der Waals surface area contributed by atoms with Crippen molar-refractivity contribution in [3.8, 4) is 0 Å². The molecule has 1 aliphatic carbocycles. The van der Waals surface area contributed by atoms with Crippen LogP contribution < -0.4 is 5.73 Å². The van der Waals surface area contributed by atoms with E-state index in [9.17, 15) is 0 Å². The Morgan fingerprint density at radius 3 is 2.75 bits per heavy atom. The van der Waals surface area contributed by atoms with Crippen molar-refractivity contribution in [1.29, 1.82) is 0 Å². The molecule has 0 radical (unpaired) electrons. The Bertz CT molecular complexity index is 328. The number of nitrogens with two attached hydrogens (primary N) is 1. The number of aromatic nitrogens is 2. The van der Waals surface area contributed by atoms with Crippen LogP contribution in [0.2, 0.25) is 0 Å². The Kier molecular flexibility index (Phi) is 3.72. The minimum absolute atomic E-state index is 0.388. The molecule has 1 aromatic heterocycles. The van der Waals surface area contributed by atoms with Crippen molar-refractivity contribution in [2.45, 2.75) is 51.7 Å². The van der Waals surface area contributed by atoms with Gasteiger partial charge in [0.2, 0.25) is 0 Å². The SMILES string of the molecule is Cc1cc(N)nc(COC2CCCCC2)n1. The molecule has 4 heteroatoms. The molecule has 0 aromatic carbocycles. The summed E-state index contributed by atoms with van der Waals surface area (Å²) in [5.74, 6) is 1.22. The molecule has 0 atom stereocenters. The summed E-state index contributed by atoms with van der Waals surface area (Å²) in [6.07, 6.45) is 6.62. The summed E-state index contributed by atoms with van der Waals surface area (Å²) in [5.41, 5.74) is 6.56. The van der Waals surface area contributed by atoms with E-state index in [0.717, 1.165) is 5.69 Å². The third-order valence-electron chi connectivity index (χ3n) is 2.92. The molecule has 2 rings (SSSR count). The first-order chi connectivity index (χ1) is 7.74. The van der Waals surface area contributed by atoms with Gasteiger partial charge in [-0.25, -0.2) is 9.97 Å². The minimum atomic E-state index is 0.388. The largest absolute Gasteiger partial charge is 0.384 e. The summed E-state index contributed by atoms with van der Waals surface area (Å²) >= 11 is 0. The molecule has 4 nitrogen and oxygen atoms in total. The molecule has 1 aromatic rings. The summed E-state index contributed by atoms with van der Waals surface area (Å²) in [6.45, 7) is 2.40. The molecule has 88 valence electrons. The fourth-order valence-electron chi connectivity index (χ4n) is 2.14. The molecule has 1 heterocycles. The van der Waals surface area contributed by atoms with Crippen molar-refractivity contribution >= 4 is 5.82 Å². The number of anilines is 1. The van der Waals surface area contributed by atoms with Crippen LogP contribution in [0.5, 0.6) is 0 Å². The predicted octanol–water partition coefficient (Wildman–Crippen LogP) is 2.22. The highest BCUT2D eigenvalue weighted by molar-refractivity contribution is 5.28. The van der Waals surface area contributed by atoms with Gasteiger partial charge in [0.15, 0.2) is 5.82 Å². The van der Waals surface area contributed by atoms with Crippen LogP contribution in [0, 0.1) is 6.92 Å². The third kappa shape index (κ3) is 3.17. The Balaban J connectivity index is 1.88. The summed E-state index contributed by atoms with van der Waals surface area (Å²) in [6, 6.07) is 1.77. The number of aryl methyl sites for hydroxylation is 1. The maximum Gasteiger partial charge on any atom is 0.156 e. The molecule has 1 saturated carbocycles. The quantitative estimate of drug-likeness (QED) is 0.850. The van der Waals surface area contributed by atoms with E-state index in [1.54, 1.807) is 6.07 Å². The standard InChI is InChI=1S/C12H19N3O/c1-9-7-11(13)15-12(14-9)8-16-10-5-3-2-4-6-10/h7,10H,2-6,8H2,1H3,(H2,13,14,15). The van der Waals surface area contributed by atoms with Crippen molar-refractivity contribution in [2.75, 3.05) is 5.73 Å². The van der Waals surface area contributed by atoms with E-state index in [0.29, 0.717) is 24.4 Å². The second kappa shape index (κ2) is 5.25. The van der Waals surface area contributed by atoms with Gasteiger partial charge >= 0.3 is 0 Å². The number of hydrogen-bond acceptors (Lipinski definition) is 4. The monoisotopic (exact) mass is 221 g/mol. The average molecular weight is 221 g/mol. The van der Waals surface area contributed by atoms with E-state index in [2.05, 4.69) is 9.97 Å². The van der Waals surface area contributed by atoms with Gasteiger partial charge in [-0.1, -0.05) is 19.3 Å². The predicted molar refractivity (Wildman–Crippen MR) is 62.8 cm³/mol. The second-order valence-corrected chi connectivity index (χ2v) is 4.42. The molecule has 0 unspecified atom stereocenters. The fraction of sp³-hybridized carbons (Fsp3) is 0.667. The summed E-state index contributed by atoms with van der Waals surface area (Å²) in [7, 11) is 0. The van der Waals surface area contributed by atoms with Crippen LogP contribution in [-0.2, 0) is 11.3 Å². The molecular weight excluding hydrogens is 202 g/mol. The van der Waals surface area contributed by atoms with Crippen molar-refractivity contribution in [3.63, 3.8) is 0 Å². The molecule has 0 aliphatic heterocycles. The normalized spacial score (nSPS) is 17.6. The zero-order chi connectivity index (χ0) is 11.4. The Morgan fingerprint density at radius 2 is 2.06 bits per heavy atom. The van der Waals surface area contributed by atoms with Crippen molar-refractivity contribution in [3.05, 3.63) is 17.6 Å². The van der Waals surface area contributed by atoms with E-state index in [-0.39, 0.29) is 0 Å². The van der Waals surface area contributed by atoms with Gasteiger partial charge in [-0.2, -0.15) is 0 Å². The molecule has 0 saturated heterocycles. The van der Waals surface area contributed by atoms with Gasteiger partial charge < -0.3 is 10.5 Å². The van der Waals surface area contributed by atoms with Gasteiger partial charge in [0.05, 0.1) is 6.10 Å². The van der Waals surface area contributed by atoms with E-state index in [4.69, 9.17) is 10.5 Å². The number of rotatable bonds is 3. The van der Waals surface area contributed by atoms with Gasteiger partial charge in [-0.3, -0.25) is 0 Å². The molecule has 0 bridgehead atoms. The van der Waals surface area contributed by atoms with Gasteiger partial charge in [-0.05, 0) is 19.8 Å². The lowest BCUT2D eigenvalue weighted by Gasteiger charge is -2.21. The third-order valence-corrected chi connectivity index (χ3v) is 2.92. The van der Waals surface area contributed by atoms with Crippen LogP contribution in [0.15, 0.2) is 6.07 Å². The highest BCUT2D eigenvalue weighted by atomic mass is 16.5. The minimum Gasteiger partial charge on any atom is -0.384 e. The van der Waals surface area contributed by atoms with Crippen LogP contribution in [0.4, 0.5) is 5.82 Å². The number of nitrogens with zero attached hydrogens (tertiary/aromatic N) is 2. The fourth-order valence-corrected chi connectivity index (χ4v) is 2.14. The van der Waals surface area contributed by atoms with Crippen LogP contribution in [0.1, 0.15) is 43.6 Å². The van der Waals surface area contributed by atoms with Crippen molar-refractivity contribution < 1.29 is 4.74 Å². The number of hydrogen-bond donors (Lipinski definition) is 1. The summed E-state index contributed by atoms with van der Waals surface area (Å²) in [4.78, 5) is 8.46. The van der Waals surface area contributed by atoms with Crippen LogP contribution in [0.25, 0.3) is 0 Å². The Morgan fingerprint density at radius 1 is 1.31 bits per heavy atom. The van der Waals surface area contributed by atoms with E-state index in [1.807, 2.05) is 6.92 Å². The molecule has 1 aliphatic rings. The zero-order valence-corrected chi connectivity index (χ0v) is 9.78. The highest BCUT2D eigenvalue weighted by Gasteiger charge is 2.14. The first-order valence-electron chi connectivity index (χ1n) is 5.95. The maximum absolute atomic E-state index is 5.80. The smallest absolute Gasteiger partial charge is 0.156 e. The lowest BCUT2D eigenvalue weighted by Crippen LogP contribution is -2.17. The molecular formula is C12H19N3O. The maximum atomic E-state index is 5.80. The summed E-state index contributed by atoms with van der Waals surface area (Å²) < 4.78 is 5.80. The number of ether oxygens (including phenoxy) is 1. The van der Waals surface area contributed by atoms with Crippen LogP contribution in [0.3, 0.4) is 0 Å². The average Bonchev–Trinajstić information content (AvgIpc) is 2.27. The Labute approximate surface area is 96.2 Å². The van der Waals surface area contributed by atoms with E-state index >= 15 is 0 Å². The lowest BCUT2D eigenvalue weighted by molar-refractivity contribution is 0.0135. The molecule has 16 heavy (non-hydrogen) atoms.